The summed E-state index contributed by atoms with van der Waals surface area (Å²) in [6.07, 6.45) is 0.0213. The predicted octanol–water partition coefficient (Wildman–Crippen LogP) is 2.99. The Morgan fingerprint density at radius 3 is 2.70 bits per heavy atom. The summed E-state index contributed by atoms with van der Waals surface area (Å²) in [7, 11) is 0. The van der Waals surface area contributed by atoms with E-state index >= 15 is 0 Å². The summed E-state index contributed by atoms with van der Waals surface area (Å²) in [5, 5.41) is 17.6. The highest BCUT2D eigenvalue weighted by Gasteiger charge is 2.16. The van der Waals surface area contributed by atoms with E-state index in [1.165, 1.54) is 12.1 Å². The molecule has 2 aromatic carbocycles. The fourth-order valence-electron chi connectivity index (χ4n) is 3.11. The lowest BCUT2D eigenvalue weighted by atomic mass is 10.1. The lowest BCUT2D eigenvalue weighted by Crippen LogP contribution is -2.33. The monoisotopic (exact) mass is 366 g/mol. The summed E-state index contributed by atoms with van der Waals surface area (Å²) in [5.41, 5.74) is 2.72. The molecule has 1 atom stereocenters. The van der Waals surface area contributed by atoms with Gasteiger partial charge in [0.25, 0.3) is 11.6 Å². The number of ether oxygens (including phenoxy) is 1. The van der Waals surface area contributed by atoms with Crippen LogP contribution in [0.5, 0.6) is 0 Å². The van der Waals surface area contributed by atoms with Crippen LogP contribution in [0.25, 0.3) is 10.9 Å². The minimum Gasteiger partial charge on any atom is -0.371 e. The number of benzene rings is 2. The number of carbonyl (C=O) groups excluding carboxylic acids is 1. The number of hydrogen-bond acceptors (Lipinski definition) is 5. The molecule has 1 saturated heterocycles. The number of nitro groups is 1. The van der Waals surface area contributed by atoms with Crippen molar-refractivity contribution in [3.05, 3.63) is 69.9 Å². The summed E-state index contributed by atoms with van der Waals surface area (Å²) in [5.74, 6) is -0.308. The molecule has 0 saturated carbocycles. The molecule has 3 N–H and O–H groups in total. The molecule has 1 aliphatic rings. The fourth-order valence-corrected chi connectivity index (χ4v) is 3.11. The summed E-state index contributed by atoms with van der Waals surface area (Å²) in [4.78, 5) is 25.9. The zero-order valence-corrected chi connectivity index (χ0v) is 14.4. The second-order valence-electron chi connectivity index (χ2n) is 6.35. The van der Waals surface area contributed by atoms with Gasteiger partial charge in [-0.05, 0) is 29.8 Å². The van der Waals surface area contributed by atoms with Gasteiger partial charge in [0.05, 0.1) is 17.6 Å². The van der Waals surface area contributed by atoms with Crippen LogP contribution in [0.2, 0.25) is 0 Å². The minimum atomic E-state index is -0.459. The van der Waals surface area contributed by atoms with Gasteiger partial charge in [0.1, 0.15) is 5.69 Å². The molecule has 1 aromatic heterocycles. The number of nitrogens with one attached hydrogen (secondary N) is 3. The molecule has 1 amide bonds. The maximum Gasteiger partial charge on any atom is 0.272 e. The van der Waals surface area contributed by atoms with Crippen molar-refractivity contribution >= 4 is 28.2 Å². The van der Waals surface area contributed by atoms with E-state index in [2.05, 4.69) is 15.6 Å². The van der Waals surface area contributed by atoms with Crippen molar-refractivity contribution < 1.29 is 14.5 Å². The van der Waals surface area contributed by atoms with E-state index in [4.69, 9.17) is 4.74 Å². The van der Waals surface area contributed by atoms with Gasteiger partial charge in [-0.15, -0.1) is 0 Å². The standard InChI is InChI=1S/C19H18N4O4/c24-19(17-10-13-9-15(23(25)26)5-6-16(13)22-17)21-14-3-1-12(2-4-14)18-11-20-7-8-27-18/h1-6,9-10,18,20,22H,7-8,11H2,(H,21,24). The van der Waals surface area contributed by atoms with Gasteiger partial charge in [-0.2, -0.15) is 0 Å². The molecule has 0 spiro atoms. The lowest BCUT2D eigenvalue weighted by Gasteiger charge is -2.24. The molecule has 138 valence electrons. The number of nitro benzene ring substituents is 1. The van der Waals surface area contributed by atoms with E-state index in [0.717, 1.165) is 18.7 Å². The molecule has 27 heavy (non-hydrogen) atoms. The molecule has 4 rings (SSSR count). The second-order valence-corrected chi connectivity index (χ2v) is 6.35. The number of carbonyl (C=O) groups is 1. The number of fused-ring (bicyclic) bond motifs is 1. The van der Waals surface area contributed by atoms with E-state index in [1.54, 1.807) is 12.1 Å². The van der Waals surface area contributed by atoms with Crippen molar-refractivity contribution in [3.63, 3.8) is 0 Å². The number of hydrogen-bond donors (Lipinski definition) is 3. The van der Waals surface area contributed by atoms with Crippen molar-refractivity contribution in [3.8, 4) is 0 Å². The highest BCUT2D eigenvalue weighted by molar-refractivity contribution is 6.06. The average Bonchev–Trinajstić information content (AvgIpc) is 3.13. The van der Waals surface area contributed by atoms with Gasteiger partial charge in [-0.25, -0.2) is 0 Å². The van der Waals surface area contributed by atoms with E-state index in [1.807, 2.05) is 24.3 Å². The quantitative estimate of drug-likeness (QED) is 0.486. The van der Waals surface area contributed by atoms with Gasteiger partial charge in [-0.1, -0.05) is 12.1 Å². The molecule has 1 aliphatic heterocycles. The van der Waals surface area contributed by atoms with Crippen LogP contribution >= 0.6 is 0 Å². The van der Waals surface area contributed by atoms with E-state index < -0.39 is 4.92 Å². The van der Waals surface area contributed by atoms with Crippen LogP contribution < -0.4 is 10.6 Å². The number of morpholine rings is 1. The van der Waals surface area contributed by atoms with Crippen molar-refractivity contribution in [2.45, 2.75) is 6.10 Å². The SMILES string of the molecule is O=C(Nc1ccc(C2CNCCO2)cc1)c1cc2cc([N+](=O)[O-])ccc2[nH]1. The van der Waals surface area contributed by atoms with Crippen LogP contribution in [0.3, 0.4) is 0 Å². The third-order valence-electron chi connectivity index (χ3n) is 4.53. The summed E-state index contributed by atoms with van der Waals surface area (Å²) in [6, 6.07) is 13.6. The Hall–Kier alpha value is -3.23. The second kappa shape index (κ2) is 7.18. The first-order valence-electron chi connectivity index (χ1n) is 8.61. The van der Waals surface area contributed by atoms with E-state index in [9.17, 15) is 14.9 Å². The number of anilines is 1. The number of non-ortho nitro benzene ring substituents is 1. The van der Waals surface area contributed by atoms with Gasteiger partial charge in [0, 0.05) is 41.8 Å². The highest BCUT2D eigenvalue weighted by Crippen LogP contribution is 2.23. The molecule has 1 unspecified atom stereocenters. The largest absolute Gasteiger partial charge is 0.371 e. The van der Waals surface area contributed by atoms with Crippen molar-refractivity contribution in [2.75, 3.05) is 25.0 Å². The Morgan fingerprint density at radius 2 is 2.00 bits per heavy atom. The third-order valence-corrected chi connectivity index (χ3v) is 4.53. The Kier molecular flexibility index (Phi) is 4.57. The van der Waals surface area contributed by atoms with Crippen molar-refractivity contribution in [1.29, 1.82) is 0 Å². The van der Waals surface area contributed by atoms with Gasteiger partial charge in [0.15, 0.2) is 0 Å². The molecular weight excluding hydrogens is 348 g/mol. The number of aromatic nitrogens is 1. The molecule has 8 heteroatoms. The highest BCUT2D eigenvalue weighted by atomic mass is 16.6. The molecule has 0 aliphatic carbocycles. The van der Waals surface area contributed by atoms with Gasteiger partial charge in [0.2, 0.25) is 0 Å². The predicted molar refractivity (Wildman–Crippen MR) is 101 cm³/mol. The first-order valence-corrected chi connectivity index (χ1v) is 8.61. The summed E-state index contributed by atoms with van der Waals surface area (Å²) < 4.78 is 5.71. The average molecular weight is 366 g/mol. The summed E-state index contributed by atoms with van der Waals surface area (Å²) in [6.45, 7) is 2.31. The molecule has 1 fully saturated rings. The van der Waals surface area contributed by atoms with E-state index in [0.29, 0.717) is 28.9 Å². The molecule has 0 bridgehead atoms. The number of amides is 1. The number of rotatable bonds is 4. The maximum atomic E-state index is 12.5. The Bertz CT molecular complexity index is 991. The normalized spacial score (nSPS) is 17.0. The number of H-pyrrole nitrogens is 1. The maximum absolute atomic E-state index is 12.5. The fraction of sp³-hybridized carbons (Fsp3) is 0.211. The lowest BCUT2D eigenvalue weighted by molar-refractivity contribution is -0.384. The van der Waals surface area contributed by atoms with Crippen LogP contribution in [-0.4, -0.2) is 35.5 Å². The number of aromatic amines is 1. The Balaban J connectivity index is 1.48. The van der Waals surface area contributed by atoms with Crippen LogP contribution in [-0.2, 0) is 4.74 Å². The van der Waals surface area contributed by atoms with Crippen molar-refractivity contribution in [1.82, 2.24) is 10.3 Å². The molecule has 8 nitrogen and oxygen atoms in total. The van der Waals surface area contributed by atoms with Gasteiger partial charge in [-0.3, -0.25) is 14.9 Å². The Labute approximate surface area is 154 Å². The topological polar surface area (TPSA) is 109 Å². The van der Waals surface area contributed by atoms with Gasteiger partial charge >= 0.3 is 0 Å². The number of nitrogens with zero attached hydrogens (tertiary/aromatic N) is 1. The first-order chi connectivity index (χ1) is 13.1. The van der Waals surface area contributed by atoms with Crippen LogP contribution in [0.1, 0.15) is 22.2 Å². The molecule has 3 aromatic rings. The van der Waals surface area contributed by atoms with Crippen molar-refractivity contribution in [2.24, 2.45) is 0 Å². The third kappa shape index (κ3) is 3.67. The Morgan fingerprint density at radius 1 is 1.19 bits per heavy atom. The zero-order valence-electron chi connectivity index (χ0n) is 14.4. The minimum absolute atomic E-state index is 0.0107. The van der Waals surface area contributed by atoms with Gasteiger partial charge < -0.3 is 20.4 Å². The first kappa shape index (κ1) is 17.2. The zero-order chi connectivity index (χ0) is 18.8. The smallest absolute Gasteiger partial charge is 0.272 e. The molecule has 0 radical (unpaired) electrons. The summed E-state index contributed by atoms with van der Waals surface area (Å²) >= 11 is 0. The van der Waals surface area contributed by atoms with E-state index in [-0.39, 0.29) is 17.7 Å². The van der Waals surface area contributed by atoms with Crippen LogP contribution in [0, 0.1) is 10.1 Å². The molecule has 2 heterocycles. The molecular formula is C19H18N4O4. The van der Waals surface area contributed by atoms with Crippen LogP contribution in [0.4, 0.5) is 11.4 Å². The van der Waals surface area contributed by atoms with Crippen LogP contribution in [0.15, 0.2) is 48.5 Å².